The zero-order valence-corrected chi connectivity index (χ0v) is 8.15. The van der Waals surface area contributed by atoms with Gasteiger partial charge in [-0.05, 0) is 38.5 Å². The maximum atomic E-state index is 10.0. The van der Waals surface area contributed by atoms with Gasteiger partial charge in [0.1, 0.15) is 5.60 Å². The lowest BCUT2D eigenvalue weighted by molar-refractivity contribution is -0.125. The second-order valence-electron chi connectivity index (χ2n) is 3.87. The van der Waals surface area contributed by atoms with Crippen LogP contribution in [-0.4, -0.2) is 20.8 Å². The topological polar surface area (TPSA) is 53.4 Å². The highest BCUT2D eigenvalue weighted by Crippen LogP contribution is 2.31. The van der Waals surface area contributed by atoms with E-state index >= 15 is 0 Å². The van der Waals surface area contributed by atoms with Crippen molar-refractivity contribution in [2.45, 2.75) is 32.0 Å². The summed E-state index contributed by atoms with van der Waals surface area (Å²) < 4.78 is 0. The molecule has 1 heterocycles. The third kappa shape index (κ3) is 1.87. The van der Waals surface area contributed by atoms with Gasteiger partial charge in [0.25, 0.3) is 0 Å². The van der Waals surface area contributed by atoms with Crippen LogP contribution in [-0.2, 0) is 5.60 Å². The zero-order valence-electron chi connectivity index (χ0n) is 8.15. The molecule has 0 saturated heterocycles. The van der Waals surface area contributed by atoms with Crippen molar-refractivity contribution in [2.24, 2.45) is 0 Å². The average molecular weight is 181 g/mol. The quantitative estimate of drug-likeness (QED) is 0.717. The molecule has 1 rings (SSSR count). The largest absolute Gasteiger partial charge is 0.387 e. The van der Waals surface area contributed by atoms with Gasteiger partial charge < -0.3 is 10.2 Å². The molecule has 13 heavy (non-hydrogen) atoms. The summed E-state index contributed by atoms with van der Waals surface area (Å²) in [5, 5.41) is 19.8. The van der Waals surface area contributed by atoms with Crippen molar-refractivity contribution in [2.75, 3.05) is 0 Å². The third-order valence-corrected chi connectivity index (χ3v) is 2.43. The van der Waals surface area contributed by atoms with Gasteiger partial charge in [-0.1, -0.05) is 0 Å². The van der Waals surface area contributed by atoms with E-state index in [4.69, 9.17) is 0 Å². The van der Waals surface area contributed by atoms with Gasteiger partial charge in [-0.15, -0.1) is 0 Å². The van der Waals surface area contributed by atoms with Crippen LogP contribution >= 0.6 is 0 Å². The number of hydrogen-bond acceptors (Lipinski definition) is 3. The smallest absolute Gasteiger partial charge is 0.115 e. The Labute approximate surface area is 78.1 Å². The fraction of sp³-hybridized carbons (Fsp3) is 0.500. The van der Waals surface area contributed by atoms with Gasteiger partial charge in [-0.25, -0.2) is 0 Å². The van der Waals surface area contributed by atoms with E-state index in [9.17, 15) is 10.2 Å². The maximum Gasteiger partial charge on any atom is 0.115 e. The van der Waals surface area contributed by atoms with Gasteiger partial charge in [0.15, 0.2) is 0 Å². The lowest BCUT2D eigenvalue weighted by Gasteiger charge is -2.35. The van der Waals surface area contributed by atoms with Crippen LogP contribution in [0, 0.1) is 0 Å². The number of aliphatic hydroxyl groups is 2. The summed E-state index contributed by atoms with van der Waals surface area (Å²) in [5.41, 5.74) is -1.76. The molecule has 1 unspecified atom stereocenters. The van der Waals surface area contributed by atoms with E-state index in [0.29, 0.717) is 5.56 Å². The van der Waals surface area contributed by atoms with Crippen LogP contribution in [0.3, 0.4) is 0 Å². The molecule has 0 saturated carbocycles. The molecular weight excluding hydrogens is 166 g/mol. The molecule has 3 heteroatoms. The lowest BCUT2D eigenvalue weighted by Crippen LogP contribution is -2.44. The molecule has 0 aliphatic rings. The first-order chi connectivity index (χ1) is 5.86. The summed E-state index contributed by atoms with van der Waals surface area (Å²) in [6.45, 7) is 4.74. The molecule has 1 aromatic heterocycles. The molecule has 0 aliphatic carbocycles. The molecule has 0 radical (unpaired) electrons. The van der Waals surface area contributed by atoms with Crippen molar-refractivity contribution in [3.05, 3.63) is 30.1 Å². The number of rotatable bonds is 2. The molecule has 1 aromatic rings. The number of aromatic nitrogens is 1. The summed E-state index contributed by atoms with van der Waals surface area (Å²) >= 11 is 0. The van der Waals surface area contributed by atoms with Crippen LogP contribution < -0.4 is 0 Å². The van der Waals surface area contributed by atoms with Crippen molar-refractivity contribution in [3.63, 3.8) is 0 Å². The predicted molar refractivity (Wildman–Crippen MR) is 50.1 cm³/mol. The van der Waals surface area contributed by atoms with Crippen LogP contribution in [0.25, 0.3) is 0 Å². The number of nitrogens with zero attached hydrogens (tertiary/aromatic N) is 1. The van der Waals surface area contributed by atoms with Crippen LogP contribution in [0.4, 0.5) is 0 Å². The fourth-order valence-electron chi connectivity index (χ4n) is 1.03. The molecule has 2 N–H and O–H groups in total. The minimum atomic E-state index is -1.25. The Morgan fingerprint density at radius 1 is 1.08 bits per heavy atom. The van der Waals surface area contributed by atoms with Crippen molar-refractivity contribution in [1.82, 2.24) is 4.98 Å². The van der Waals surface area contributed by atoms with E-state index in [1.807, 2.05) is 0 Å². The van der Waals surface area contributed by atoms with Crippen molar-refractivity contribution >= 4 is 0 Å². The standard InChI is InChI=1S/C10H15NO2/c1-9(2,12)10(3,13)8-4-6-11-7-5-8/h4-7,12-13H,1-3H3. The molecule has 0 bridgehead atoms. The highest BCUT2D eigenvalue weighted by Gasteiger charge is 2.38. The van der Waals surface area contributed by atoms with E-state index < -0.39 is 11.2 Å². The van der Waals surface area contributed by atoms with E-state index in [2.05, 4.69) is 4.98 Å². The van der Waals surface area contributed by atoms with Gasteiger partial charge >= 0.3 is 0 Å². The van der Waals surface area contributed by atoms with Crippen molar-refractivity contribution in [1.29, 1.82) is 0 Å². The first-order valence-corrected chi connectivity index (χ1v) is 4.21. The molecule has 0 spiro atoms. The molecule has 0 fully saturated rings. The molecule has 1 atom stereocenters. The first kappa shape index (κ1) is 10.2. The summed E-state index contributed by atoms with van der Waals surface area (Å²) in [5.74, 6) is 0. The van der Waals surface area contributed by atoms with Crippen LogP contribution in [0.15, 0.2) is 24.5 Å². The summed E-state index contributed by atoms with van der Waals surface area (Å²) in [6.07, 6.45) is 3.19. The Hall–Kier alpha value is -0.930. The van der Waals surface area contributed by atoms with Crippen molar-refractivity contribution in [3.8, 4) is 0 Å². The lowest BCUT2D eigenvalue weighted by atomic mass is 9.82. The monoisotopic (exact) mass is 181 g/mol. The SMILES string of the molecule is CC(C)(O)C(C)(O)c1ccncc1. The summed E-state index contributed by atoms with van der Waals surface area (Å²) in [4.78, 5) is 3.85. The average Bonchev–Trinajstić information content (AvgIpc) is 2.04. The molecule has 0 aromatic carbocycles. The fourth-order valence-corrected chi connectivity index (χ4v) is 1.03. The Morgan fingerprint density at radius 2 is 1.54 bits per heavy atom. The number of pyridine rings is 1. The van der Waals surface area contributed by atoms with Gasteiger partial charge in [0.05, 0.1) is 5.60 Å². The molecule has 3 nitrogen and oxygen atoms in total. The predicted octanol–water partition coefficient (Wildman–Crippen LogP) is 1.06. The van der Waals surface area contributed by atoms with E-state index in [-0.39, 0.29) is 0 Å². The molecule has 0 aliphatic heterocycles. The highest BCUT2D eigenvalue weighted by atomic mass is 16.4. The Bertz CT molecular complexity index is 275. The summed E-state index contributed by atoms with van der Waals surface area (Å²) in [7, 11) is 0. The second kappa shape index (κ2) is 3.09. The normalized spacial score (nSPS) is 16.7. The first-order valence-electron chi connectivity index (χ1n) is 4.21. The van der Waals surface area contributed by atoms with E-state index in [1.165, 1.54) is 0 Å². The van der Waals surface area contributed by atoms with E-state index in [0.717, 1.165) is 0 Å². The Kier molecular flexibility index (Phi) is 2.41. The molecular formula is C10H15NO2. The van der Waals surface area contributed by atoms with Gasteiger partial charge in [0.2, 0.25) is 0 Å². The Morgan fingerprint density at radius 3 is 1.92 bits per heavy atom. The van der Waals surface area contributed by atoms with Crippen LogP contribution in [0.1, 0.15) is 26.3 Å². The number of hydrogen-bond donors (Lipinski definition) is 2. The van der Waals surface area contributed by atoms with Crippen LogP contribution in [0.5, 0.6) is 0 Å². The minimum absolute atomic E-state index is 0.662. The molecule has 72 valence electrons. The molecule has 0 amide bonds. The van der Waals surface area contributed by atoms with Crippen molar-refractivity contribution < 1.29 is 10.2 Å². The van der Waals surface area contributed by atoms with Crippen LogP contribution in [0.2, 0.25) is 0 Å². The minimum Gasteiger partial charge on any atom is -0.387 e. The highest BCUT2D eigenvalue weighted by molar-refractivity contribution is 5.21. The van der Waals surface area contributed by atoms with E-state index in [1.54, 1.807) is 45.3 Å². The Balaban J connectivity index is 3.08. The van der Waals surface area contributed by atoms with Gasteiger partial charge in [0, 0.05) is 12.4 Å². The maximum absolute atomic E-state index is 10.0. The zero-order chi connectivity index (χ0) is 10.1. The third-order valence-electron chi connectivity index (χ3n) is 2.43. The van der Waals surface area contributed by atoms with Gasteiger partial charge in [-0.3, -0.25) is 4.98 Å². The second-order valence-corrected chi connectivity index (χ2v) is 3.87. The summed E-state index contributed by atoms with van der Waals surface area (Å²) in [6, 6.07) is 3.38. The van der Waals surface area contributed by atoms with Gasteiger partial charge in [-0.2, -0.15) is 0 Å².